The highest BCUT2D eigenvalue weighted by molar-refractivity contribution is 5.88. The molecule has 11 heavy (non-hydrogen) atoms. The summed E-state index contributed by atoms with van der Waals surface area (Å²) in [5.41, 5.74) is 4.56. The van der Waals surface area contributed by atoms with Crippen LogP contribution in [0.4, 0.5) is 5.69 Å². The van der Waals surface area contributed by atoms with Gasteiger partial charge in [0.05, 0.1) is 11.3 Å². The van der Waals surface area contributed by atoms with Crippen LogP contribution in [0.25, 0.3) is 0 Å². The lowest BCUT2D eigenvalue weighted by Crippen LogP contribution is -2.13. The molecule has 0 amide bonds. The van der Waals surface area contributed by atoms with Gasteiger partial charge in [-0.05, 0) is 6.07 Å². The molecule has 0 atom stereocenters. The van der Waals surface area contributed by atoms with Crippen molar-refractivity contribution in [2.45, 2.75) is 0 Å². The number of aromatic amines is 1. The van der Waals surface area contributed by atoms with Crippen LogP contribution >= 0.6 is 0 Å². The second kappa shape index (κ2) is 2.45. The largest absolute Gasteiger partial charge is 0.478 e. The van der Waals surface area contributed by atoms with Crippen LogP contribution in [0, 0.1) is 0 Å². The minimum atomic E-state index is -1.12. The summed E-state index contributed by atoms with van der Waals surface area (Å²) in [5.74, 6) is -1.12. The third-order valence-electron chi connectivity index (χ3n) is 1.18. The van der Waals surface area contributed by atoms with E-state index in [1.165, 1.54) is 0 Å². The van der Waals surface area contributed by atoms with Gasteiger partial charge in [-0.25, -0.2) is 4.79 Å². The van der Waals surface area contributed by atoms with E-state index in [1.807, 2.05) is 0 Å². The van der Waals surface area contributed by atoms with Crippen LogP contribution in [0.2, 0.25) is 0 Å². The van der Waals surface area contributed by atoms with Gasteiger partial charge in [0.1, 0.15) is 0 Å². The zero-order valence-electron chi connectivity index (χ0n) is 5.50. The zero-order chi connectivity index (χ0) is 8.43. The zero-order valence-corrected chi connectivity index (χ0v) is 5.50. The number of nitrogens with two attached hydrogens (primary N) is 1. The number of carbonyl (C=O) groups is 1. The third-order valence-corrected chi connectivity index (χ3v) is 1.18. The Balaban J connectivity index is 3.26. The van der Waals surface area contributed by atoms with Gasteiger partial charge in [0.25, 0.3) is 5.56 Å². The van der Waals surface area contributed by atoms with Crippen LogP contribution in [0.3, 0.4) is 0 Å². The van der Waals surface area contributed by atoms with Crippen molar-refractivity contribution in [1.29, 1.82) is 0 Å². The summed E-state index contributed by atoms with van der Waals surface area (Å²) in [5, 5.41) is 8.42. The van der Waals surface area contributed by atoms with Gasteiger partial charge in [-0.15, -0.1) is 0 Å². The molecule has 0 aliphatic heterocycles. The predicted octanol–water partition coefficient (Wildman–Crippen LogP) is -0.345. The molecular weight excluding hydrogens is 148 g/mol. The van der Waals surface area contributed by atoms with E-state index in [-0.39, 0.29) is 11.3 Å². The molecule has 1 aromatic heterocycles. The quantitative estimate of drug-likeness (QED) is 0.515. The molecule has 0 saturated heterocycles. The summed E-state index contributed by atoms with van der Waals surface area (Å²) in [6.07, 6.45) is 1.10. The number of nitrogen functional groups attached to an aromatic ring is 1. The fraction of sp³-hybridized carbons (Fsp3) is 0. The lowest BCUT2D eigenvalue weighted by Gasteiger charge is -1.93. The van der Waals surface area contributed by atoms with E-state index in [4.69, 9.17) is 10.8 Å². The Morgan fingerprint density at radius 1 is 1.64 bits per heavy atom. The summed E-state index contributed by atoms with van der Waals surface area (Å²) in [4.78, 5) is 23.1. The third kappa shape index (κ3) is 1.37. The monoisotopic (exact) mass is 154 g/mol. The first-order valence-corrected chi connectivity index (χ1v) is 2.83. The number of pyridine rings is 1. The molecule has 1 heterocycles. The van der Waals surface area contributed by atoms with Crippen molar-refractivity contribution in [2.24, 2.45) is 0 Å². The Labute approximate surface area is 61.5 Å². The fourth-order valence-electron chi connectivity index (χ4n) is 0.625. The molecule has 1 rings (SSSR count). The number of rotatable bonds is 1. The lowest BCUT2D eigenvalue weighted by molar-refractivity contribution is 0.0696. The Morgan fingerprint density at radius 3 is 2.73 bits per heavy atom. The average molecular weight is 154 g/mol. The minimum Gasteiger partial charge on any atom is -0.478 e. The Hall–Kier alpha value is -1.78. The summed E-state index contributed by atoms with van der Waals surface area (Å²) in [6.45, 7) is 0. The van der Waals surface area contributed by atoms with Crippen molar-refractivity contribution in [2.75, 3.05) is 5.73 Å². The van der Waals surface area contributed by atoms with Crippen molar-refractivity contribution >= 4 is 11.7 Å². The smallest absolute Gasteiger partial charge is 0.337 e. The number of hydrogen-bond acceptors (Lipinski definition) is 3. The first-order chi connectivity index (χ1) is 5.11. The van der Waals surface area contributed by atoms with E-state index in [9.17, 15) is 9.59 Å². The van der Waals surface area contributed by atoms with Crippen LogP contribution in [0.1, 0.15) is 10.4 Å². The number of anilines is 1. The molecule has 0 fully saturated rings. The van der Waals surface area contributed by atoms with E-state index in [0.717, 1.165) is 12.3 Å². The Bertz CT molecular complexity index is 342. The maximum absolute atomic E-state index is 10.6. The average Bonchev–Trinajstić information content (AvgIpc) is 1.94. The van der Waals surface area contributed by atoms with Gasteiger partial charge in [-0.3, -0.25) is 4.79 Å². The highest BCUT2D eigenvalue weighted by Gasteiger charge is 2.03. The molecule has 1 aromatic rings. The van der Waals surface area contributed by atoms with Crippen LogP contribution in [0.5, 0.6) is 0 Å². The number of aromatic carboxylic acids is 1. The maximum atomic E-state index is 10.6. The van der Waals surface area contributed by atoms with Gasteiger partial charge in [-0.1, -0.05) is 0 Å². The number of aromatic nitrogens is 1. The van der Waals surface area contributed by atoms with E-state index >= 15 is 0 Å². The second-order valence-electron chi connectivity index (χ2n) is 1.98. The highest BCUT2D eigenvalue weighted by atomic mass is 16.4. The van der Waals surface area contributed by atoms with Crippen LogP contribution in [0.15, 0.2) is 17.1 Å². The predicted molar refractivity (Wildman–Crippen MR) is 38.4 cm³/mol. The first kappa shape index (κ1) is 7.33. The van der Waals surface area contributed by atoms with Crippen molar-refractivity contribution in [1.82, 2.24) is 4.98 Å². The van der Waals surface area contributed by atoms with Gasteiger partial charge in [0.2, 0.25) is 0 Å². The summed E-state index contributed by atoms with van der Waals surface area (Å²) in [7, 11) is 0. The number of nitrogens with one attached hydrogen (secondary N) is 1. The first-order valence-electron chi connectivity index (χ1n) is 2.83. The van der Waals surface area contributed by atoms with Crippen molar-refractivity contribution in [3.8, 4) is 0 Å². The second-order valence-corrected chi connectivity index (χ2v) is 1.98. The molecular formula is C6H6N2O3. The van der Waals surface area contributed by atoms with E-state index in [0.29, 0.717) is 0 Å². The minimum absolute atomic E-state index is 0.0258. The molecule has 5 nitrogen and oxygen atoms in total. The molecule has 0 aliphatic rings. The summed E-state index contributed by atoms with van der Waals surface area (Å²) in [6, 6.07) is 1.11. The molecule has 0 radical (unpaired) electrons. The molecule has 4 N–H and O–H groups in total. The van der Waals surface area contributed by atoms with Gasteiger partial charge in [0.15, 0.2) is 0 Å². The van der Waals surface area contributed by atoms with Crippen molar-refractivity contribution in [3.05, 3.63) is 28.2 Å². The van der Waals surface area contributed by atoms with Crippen molar-refractivity contribution in [3.63, 3.8) is 0 Å². The Kier molecular flexibility index (Phi) is 1.63. The number of carboxylic acids is 1. The SMILES string of the molecule is Nc1cc(C(=O)O)c[nH]c1=O. The lowest BCUT2D eigenvalue weighted by atomic mass is 10.3. The number of carboxylic acid groups (broad SMARTS) is 1. The van der Waals surface area contributed by atoms with E-state index in [1.54, 1.807) is 0 Å². The van der Waals surface area contributed by atoms with Gasteiger partial charge >= 0.3 is 5.97 Å². The molecule has 0 aliphatic carbocycles. The van der Waals surface area contributed by atoms with E-state index in [2.05, 4.69) is 4.98 Å². The van der Waals surface area contributed by atoms with Crippen LogP contribution in [-0.4, -0.2) is 16.1 Å². The van der Waals surface area contributed by atoms with Gasteiger partial charge in [0, 0.05) is 6.20 Å². The standard InChI is InChI=1S/C6H6N2O3/c7-4-1-3(6(10)11)2-8-5(4)9/h1-2H,7H2,(H,8,9)(H,10,11). The highest BCUT2D eigenvalue weighted by Crippen LogP contribution is 1.98. The molecule has 5 heteroatoms. The molecule has 0 aromatic carbocycles. The Morgan fingerprint density at radius 2 is 2.27 bits per heavy atom. The van der Waals surface area contributed by atoms with Crippen molar-refractivity contribution < 1.29 is 9.90 Å². The topological polar surface area (TPSA) is 96.2 Å². The molecule has 0 saturated carbocycles. The fourth-order valence-corrected chi connectivity index (χ4v) is 0.625. The molecule has 0 unspecified atom stereocenters. The van der Waals surface area contributed by atoms with Crippen LogP contribution < -0.4 is 11.3 Å². The van der Waals surface area contributed by atoms with E-state index < -0.39 is 11.5 Å². The normalized spacial score (nSPS) is 9.45. The molecule has 0 bridgehead atoms. The summed E-state index contributed by atoms with van der Waals surface area (Å²) < 4.78 is 0. The van der Waals surface area contributed by atoms with Crippen LogP contribution in [-0.2, 0) is 0 Å². The number of H-pyrrole nitrogens is 1. The molecule has 58 valence electrons. The summed E-state index contributed by atoms with van der Waals surface area (Å²) >= 11 is 0. The number of hydrogen-bond donors (Lipinski definition) is 3. The van der Waals surface area contributed by atoms with Gasteiger partial charge in [-0.2, -0.15) is 0 Å². The van der Waals surface area contributed by atoms with Gasteiger partial charge < -0.3 is 15.8 Å². The maximum Gasteiger partial charge on any atom is 0.337 e. The molecule has 0 spiro atoms.